The zero-order valence-electron chi connectivity index (χ0n) is 52.9. The summed E-state index contributed by atoms with van der Waals surface area (Å²) in [5.74, 6) is 1.40. The molecule has 4 N–H and O–H groups in total. The molecule has 0 aromatic heterocycles. The van der Waals surface area contributed by atoms with Gasteiger partial charge in [-0.1, -0.05) is 126 Å². The van der Waals surface area contributed by atoms with E-state index in [4.69, 9.17) is 18.9 Å². The molecule has 2 aromatic carbocycles. The Balaban J connectivity index is 0.883. The second-order valence-electron chi connectivity index (χ2n) is 28.7. The molecule has 3 saturated carbocycles. The third-order valence-corrected chi connectivity index (χ3v) is 18.5. The molecule has 5 aliphatic rings. The first-order valence-corrected chi connectivity index (χ1v) is 31.7. The Bertz CT molecular complexity index is 2380. The second-order valence-corrected chi connectivity index (χ2v) is 28.7. The molecule has 0 spiro atoms. The van der Waals surface area contributed by atoms with E-state index in [1.165, 1.54) is 19.3 Å². The average Bonchev–Trinajstić information content (AvgIpc) is 4.42. The Morgan fingerprint density at radius 1 is 0.622 bits per heavy atom. The van der Waals surface area contributed by atoms with E-state index in [1.807, 2.05) is 31.3 Å². The third-order valence-electron chi connectivity index (χ3n) is 18.5. The maximum atomic E-state index is 13.9. The van der Waals surface area contributed by atoms with Crippen LogP contribution in [-0.4, -0.2) is 159 Å². The Morgan fingerprint density at radius 2 is 1.07 bits per heavy atom. The van der Waals surface area contributed by atoms with Crippen molar-refractivity contribution in [2.24, 2.45) is 21.7 Å². The average molecular weight is 1140 g/mol. The number of hydrogen-bond acceptors (Lipinski definition) is 10. The van der Waals surface area contributed by atoms with E-state index in [0.717, 1.165) is 114 Å². The van der Waals surface area contributed by atoms with Crippen molar-refractivity contribution in [1.82, 2.24) is 40.9 Å². The lowest BCUT2D eigenvalue weighted by Crippen LogP contribution is -2.55. The van der Waals surface area contributed by atoms with Gasteiger partial charge in [-0.05, 0) is 135 Å². The number of nitrogens with zero attached hydrogens (tertiary/aromatic N) is 4. The van der Waals surface area contributed by atoms with E-state index in [2.05, 4.69) is 143 Å². The lowest BCUT2D eigenvalue weighted by Gasteiger charge is -2.47. The van der Waals surface area contributed by atoms with Gasteiger partial charge in [-0.25, -0.2) is 19.2 Å². The van der Waals surface area contributed by atoms with Crippen LogP contribution in [-0.2, 0) is 14.9 Å². The number of urea groups is 2. The molecule has 7 rings (SSSR count). The van der Waals surface area contributed by atoms with Gasteiger partial charge in [-0.2, -0.15) is 0 Å². The van der Waals surface area contributed by atoms with Crippen LogP contribution in [0.4, 0.5) is 19.2 Å². The number of ether oxygens (including phenoxy) is 4. The predicted molar refractivity (Wildman–Crippen MR) is 327 cm³/mol. The molecule has 0 radical (unpaired) electrons. The van der Waals surface area contributed by atoms with Gasteiger partial charge >= 0.3 is 24.2 Å². The minimum atomic E-state index is -0.465. The summed E-state index contributed by atoms with van der Waals surface area (Å²) in [6.45, 7) is 32.6. The molecular formula is C66H108N8O8. The summed E-state index contributed by atoms with van der Waals surface area (Å²) in [5.41, 5.74) is 1.46. The second kappa shape index (κ2) is 28.3. The zero-order valence-corrected chi connectivity index (χ0v) is 52.9. The van der Waals surface area contributed by atoms with Gasteiger partial charge in [0.2, 0.25) is 0 Å². The van der Waals surface area contributed by atoms with Crippen LogP contribution in [0.1, 0.15) is 191 Å². The quantitative estimate of drug-likeness (QED) is 0.0633. The fraction of sp³-hybridized carbons (Fsp3) is 0.758. The van der Waals surface area contributed by atoms with Gasteiger partial charge in [0.25, 0.3) is 0 Å². The van der Waals surface area contributed by atoms with Crippen molar-refractivity contribution >= 4 is 24.2 Å². The fourth-order valence-electron chi connectivity index (χ4n) is 14.3. The molecule has 6 amide bonds. The normalized spacial score (nSPS) is 27.4. The Kier molecular flexibility index (Phi) is 22.3. The van der Waals surface area contributed by atoms with Crippen molar-refractivity contribution in [3.63, 3.8) is 0 Å². The highest BCUT2D eigenvalue weighted by Gasteiger charge is 2.45. The number of hydrogen-bond donors (Lipinski definition) is 4. The predicted octanol–water partition coefficient (Wildman–Crippen LogP) is 12.1. The number of unbranched alkanes of at least 4 members (excludes halogenated alkanes) is 2. The minimum Gasteiger partial charge on any atom is -0.490 e. The monoisotopic (exact) mass is 1140 g/mol. The van der Waals surface area contributed by atoms with Gasteiger partial charge in [0, 0.05) is 95.0 Å². The van der Waals surface area contributed by atoms with Crippen LogP contribution in [0.15, 0.2) is 48.5 Å². The third kappa shape index (κ3) is 19.6. The number of carbonyl (C=O) groups is 4. The van der Waals surface area contributed by atoms with Crippen LogP contribution < -0.4 is 30.7 Å². The summed E-state index contributed by atoms with van der Waals surface area (Å²) >= 11 is 0. The van der Waals surface area contributed by atoms with Gasteiger partial charge in [-0.3, -0.25) is 9.80 Å². The molecule has 5 fully saturated rings. The van der Waals surface area contributed by atoms with Crippen LogP contribution in [0.5, 0.6) is 11.5 Å². The van der Waals surface area contributed by atoms with Gasteiger partial charge in [0.1, 0.15) is 24.7 Å². The summed E-state index contributed by atoms with van der Waals surface area (Å²) in [7, 11) is 1.84. The van der Waals surface area contributed by atoms with E-state index in [1.54, 1.807) is 4.90 Å². The van der Waals surface area contributed by atoms with Gasteiger partial charge in [-0.15, -0.1) is 0 Å². The molecule has 460 valence electrons. The van der Waals surface area contributed by atoms with E-state index in [-0.39, 0.29) is 64.4 Å². The lowest BCUT2D eigenvalue weighted by atomic mass is 9.62. The molecule has 3 aliphatic carbocycles. The zero-order chi connectivity index (χ0) is 59.5. The molecule has 2 aliphatic heterocycles. The van der Waals surface area contributed by atoms with Gasteiger partial charge < -0.3 is 50.0 Å². The van der Waals surface area contributed by atoms with E-state index < -0.39 is 24.4 Å². The standard InChI is InChI=1S/C66H108N8O8/c1-14-16-31-71(13)58(75)67-45-65(11)36-52(34-63(7,8)43-65)70-61(78)82-57(40-73-38-48(73)4)42-80-55-29-25-50(26-30-55)64(9,10)49-23-27-54(28-24-49)79-41-56(39-72-37-47(72)3)81-60(77)68-46-66(12)35-51(33-62(5,6)44-66)69-59(76)74(32-17-15-2)53-21-19-18-20-22-53/h23-30,47-48,51-53,56-57H,14-22,31-46H2,1-13H3,(H,67,75)(H,68,77)(H,69,76)(H,70,78). The van der Waals surface area contributed by atoms with Gasteiger partial charge in [0.15, 0.2) is 12.2 Å². The Morgan fingerprint density at radius 3 is 1.55 bits per heavy atom. The molecule has 2 aromatic rings. The van der Waals surface area contributed by atoms with E-state index in [0.29, 0.717) is 55.8 Å². The molecule has 16 nitrogen and oxygen atoms in total. The highest BCUT2D eigenvalue weighted by molar-refractivity contribution is 5.75. The largest absolute Gasteiger partial charge is 0.490 e. The fourth-order valence-corrected chi connectivity index (χ4v) is 14.3. The Hall–Kier alpha value is -4.96. The van der Waals surface area contributed by atoms with Crippen molar-refractivity contribution in [2.45, 2.75) is 227 Å². The van der Waals surface area contributed by atoms with Crippen LogP contribution in [0.2, 0.25) is 0 Å². The lowest BCUT2D eigenvalue weighted by molar-refractivity contribution is 0.0389. The van der Waals surface area contributed by atoms with E-state index in [9.17, 15) is 19.2 Å². The smallest absolute Gasteiger partial charge is 0.407 e. The number of alkyl carbamates (subject to hydrolysis) is 2. The highest BCUT2D eigenvalue weighted by atomic mass is 16.6. The molecular weight excluding hydrogens is 1030 g/mol. The minimum absolute atomic E-state index is 0.00424. The maximum Gasteiger partial charge on any atom is 0.407 e. The molecule has 10 unspecified atom stereocenters. The van der Waals surface area contributed by atoms with Crippen LogP contribution in [0, 0.1) is 21.7 Å². The first-order valence-electron chi connectivity index (χ1n) is 31.7. The molecule has 10 atom stereocenters. The van der Waals surface area contributed by atoms with Crippen molar-refractivity contribution in [3.8, 4) is 11.5 Å². The topological polar surface area (TPSA) is 166 Å². The van der Waals surface area contributed by atoms with Crippen molar-refractivity contribution in [1.29, 1.82) is 0 Å². The number of carbonyl (C=O) groups excluding carboxylic acids is 4. The maximum absolute atomic E-state index is 13.9. The molecule has 16 heteroatoms. The Labute approximate surface area is 494 Å². The van der Waals surface area contributed by atoms with Crippen LogP contribution >= 0.6 is 0 Å². The van der Waals surface area contributed by atoms with Crippen molar-refractivity contribution < 1.29 is 38.1 Å². The first kappa shape index (κ1) is 64.6. The molecule has 0 bridgehead atoms. The SMILES string of the molecule is CCCCN(C)C(=O)NCC1(C)CC(NC(=O)OC(COc2ccc(C(C)(C)c3ccc(OCC(CN4CC4C)OC(=O)NCC4(C)CC(NC(=O)N(CCCC)C5CCCCC5)CC(C)(C)C4)cc3)cc2)CN2CC2C)CC(C)(C)C1. The summed E-state index contributed by atoms with van der Waals surface area (Å²) in [4.78, 5) is 62.5. The number of rotatable bonds is 27. The van der Waals surface area contributed by atoms with Crippen LogP contribution in [0.25, 0.3) is 0 Å². The molecule has 2 saturated heterocycles. The highest BCUT2D eigenvalue weighted by Crippen LogP contribution is 2.47. The summed E-state index contributed by atoms with van der Waals surface area (Å²) < 4.78 is 24.9. The van der Waals surface area contributed by atoms with Crippen molar-refractivity contribution in [3.05, 3.63) is 59.7 Å². The van der Waals surface area contributed by atoms with Crippen molar-refractivity contribution in [2.75, 3.05) is 72.6 Å². The summed E-state index contributed by atoms with van der Waals surface area (Å²) in [6, 6.07) is 17.5. The van der Waals surface area contributed by atoms with Crippen LogP contribution in [0.3, 0.4) is 0 Å². The number of nitrogens with one attached hydrogen (secondary N) is 4. The summed E-state index contributed by atoms with van der Waals surface area (Å²) in [5, 5.41) is 13.0. The molecule has 2 heterocycles. The number of benzene rings is 2. The molecule has 82 heavy (non-hydrogen) atoms. The van der Waals surface area contributed by atoms with E-state index >= 15 is 0 Å². The van der Waals surface area contributed by atoms with Gasteiger partial charge in [0.05, 0.1) is 0 Å². The number of amides is 6. The summed E-state index contributed by atoms with van der Waals surface area (Å²) in [6.07, 6.45) is 13.2. The first-order chi connectivity index (χ1) is 38.7.